The summed E-state index contributed by atoms with van der Waals surface area (Å²) in [7, 11) is -0.578. The van der Waals surface area contributed by atoms with Crippen molar-refractivity contribution in [1.82, 2.24) is 9.62 Å². The van der Waals surface area contributed by atoms with E-state index in [1.54, 1.807) is 14.0 Å². The van der Waals surface area contributed by atoms with Crippen molar-refractivity contribution >= 4 is 21.9 Å². The lowest BCUT2D eigenvalue weighted by atomic mass is 10.2. The molecule has 1 aromatic rings. The van der Waals surface area contributed by atoms with Crippen molar-refractivity contribution in [2.45, 2.75) is 24.7 Å². The molecule has 1 N–H and O–H groups in total. The summed E-state index contributed by atoms with van der Waals surface area (Å²) < 4.78 is 30.6. The molecular formula is C15H22N2O5S. The number of amides is 1. The van der Waals surface area contributed by atoms with Gasteiger partial charge >= 0.3 is 5.97 Å². The van der Waals surface area contributed by atoms with Crippen molar-refractivity contribution < 1.29 is 22.7 Å². The van der Waals surface area contributed by atoms with Gasteiger partial charge in [0.15, 0.2) is 0 Å². The van der Waals surface area contributed by atoms with E-state index in [1.807, 2.05) is 0 Å². The van der Waals surface area contributed by atoms with E-state index in [9.17, 15) is 18.0 Å². The largest absolute Gasteiger partial charge is 0.469 e. The van der Waals surface area contributed by atoms with Gasteiger partial charge in [-0.15, -0.1) is 0 Å². The van der Waals surface area contributed by atoms with Crippen LogP contribution in [0, 0.1) is 0 Å². The van der Waals surface area contributed by atoms with Gasteiger partial charge in [-0.2, -0.15) is 0 Å². The standard InChI is InChI=1S/C15H22N2O5S/c1-4-16-23(20,21)13-9-7-12(8-10-13)15(19)17(2)11-5-6-14(18)22-3/h7-10,16H,4-6,11H2,1-3H3. The van der Waals surface area contributed by atoms with E-state index >= 15 is 0 Å². The summed E-state index contributed by atoms with van der Waals surface area (Å²) in [5.41, 5.74) is 0.390. The topological polar surface area (TPSA) is 92.8 Å². The second-order valence-electron chi connectivity index (χ2n) is 4.93. The molecule has 0 spiro atoms. The smallest absolute Gasteiger partial charge is 0.305 e. The minimum Gasteiger partial charge on any atom is -0.469 e. The van der Waals surface area contributed by atoms with Gasteiger partial charge in [0, 0.05) is 32.1 Å². The van der Waals surface area contributed by atoms with Crippen molar-refractivity contribution in [3.05, 3.63) is 29.8 Å². The van der Waals surface area contributed by atoms with E-state index in [0.29, 0.717) is 25.1 Å². The summed E-state index contributed by atoms with van der Waals surface area (Å²) in [4.78, 5) is 24.8. The molecule has 1 amide bonds. The van der Waals surface area contributed by atoms with Gasteiger partial charge in [-0.05, 0) is 30.7 Å². The first-order chi connectivity index (χ1) is 10.8. The second kappa shape index (κ2) is 8.64. The quantitative estimate of drug-likeness (QED) is 0.712. The van der Waals surface area contributed by atoms with Crippen LogP contribution in [0.4, 0.5) is 0 Å². The SMILES string of the molecule is CCNS(=O)(=O)c1ccc(C(=O)N(C)CCCC(=O)OC)cc1. The lowest BCUT2D eigenvalue weighted by Gasteiger charge is -2.17. The van der Waals surface area contributed by atoms with Crippen LogP contribution in [-0.2, 0) is 19.6 Å². The normalized spacial score (nSPS) is 11.1. The number of carbonyl (C=O) groups excluding carboxylic acids is 2. The molecule has 0 unspecified atom stereocenters. The molecule has 128 valence electrons. The minimum absolute atomic E-state index is 0.115. The third-order valence-corrected chi connectivity index (χ3v) is 4.76. The molecule has 0 aliphatic carbocycles. The lowest BCUT2D eigenvalue weighted by Crippen LogP contribution is -2.28. The number of nitrogens with one attached hydrogen (secondary N) is 1. The molecule has 0 saturated carbocycles. The van der Waals surface area contributed by atoms with E-state index in [1.165, 1.54) is 36.3 Å². The number of benzene rings is 1. The first kappa shape index (κ1) is 19.1. The third-order valence-electron chi connectivity index (χ3n) is 3.19. The number of nitrogens with zero attached hydrogens (tertiary/aromatic N) is 1. The maximum atomic E-state index is 12.2. The first-order valence-electron chi connectivity index (χ1n) is 7.23. The van der Waals surface area contributed by atoms with E-state index in [-0.39, 0.29) is 23.2 Å². The third kappa shape index (κ3) is 5.65. The summed E-state index contributed by atoms with van der Waals surface area (Å²) in [5, 5.41) is 0. The fourth-order valence-corrected chi connectivity index (χ4v) is 2.98. The Kier molecular flexibility index (Phi) is 7.18. The average molecular weight is 342 g/mol. The Labute approximate surface area is 136 Å². The minimum atomic E-state index is -3.53. The van der Waals surface area contributed by atoms with Gasteiger partial charge in [-0.25, -0.2) is 13.1 Å². The summed E-state index contributed by atoms with van der Waals surface area (Å²) in [6, 6.07) is 5.74. The Morgan fingerprint density at radius 1 is 1.22 bits per heavy atom. The van der Waals surface area contributed by atoms with Crippen molar-refractivity contribution in [2.24, 2.45) is 0 Å². The van der Waals surface area contributed by atoms with Crippen LogP contribution in [0.1, 0.15) is 30.1 Å². The van der Waals surface area contributed by atoms with E-state index in [0.717, 1.165) is 0 Å². The number of hydrogen-bond acceptors (Lipinski definition) is 5. The summed E-state index contributed by atoms with van der Waals surface area (Å²) in [6.45, 7) is 2.40. The van der Waals surface area contributed by atoms with Gasteiger partial charge < -0.3 is 9.64 Å². The number of carbonyl (C=O) groups is 2. The van der Waals surface area contributed by atoms with Crippen molar-refractivity contribution in [2.75, 3.05) is 27.2 Å². The first-order valence-corrected chi connectivity index (χ1v) is 8.72. The predicted molar refractivity (Wildman–Crippen MR) is 85.5 cm³/mol. The lowest BCUT2D eigenvalue weighted by molar-refractivity contribution is -0.140. The molecule has 1 rings (SSSR count). The molecular weight excluding hydrogens is 320 g/mol. The Bertz CT molecular complexity index is 640. The Balaban J connectivity index is 2.68. The van der Waals surface area contributed by atoms with Crippen molar-refractivity contribution in [3.8, 4) is 0 Å². The molecule has 7 nitrogen and oxygen atoms in total. The Morgan fingerprint density at radius 2 is 1.83 bits per heavy atom. The highest BCUT2D eigenvalue weighted by atomic mass is 32.2. The maximum absolute atomic E-state index is 12.2. The molecule has 0 saturated heterocycles. The zero-order chi connectivity index (χ0) is 17.5. The van der Waals surface area contributed by atoms with Crippen LogP contribution in [-0.4, -0.2) is 52.4 Å². The van der Waals surface area contributed by atoms with Crippen LogP contribution >= 0.6 is 0 Å². The van der Waals surface area contributed by atoms with Crippen molar-refractivity contribution in [1.29, 1.82) is 0 Å². The molecule has 0 bridgehead atoms. The fraction of sp³-hybridized carbons (Fsp3) is 0.467. The molecule has 1 aromatic carbocycles. The monoisotopic (exact) mass is 342 g/mol. The van der Waals surface area contributed by atoms with Crippen LogP contribution < -0.4 is 4.72 Å². The molecule has 8 heteroatoms. The highest BCUT2D eigenvalue weighted by molar-refractivity contribution is 7.89. The van der Waals surface area contributed by atoms with Crippen molar-refractivity contribution in [3.63, 3.8) is 0 Å². The average Bonchev–Trinajstić information content (AvgIpc) is 2.53. The number of esters is 1. The van der Waals surface area contributed by atoms with Gasteiger partial charge in [0.1, 0.15) is 0 Å². The van der Waals surface area contributed by atoms with Gasteiger partial charge in [0.05, 0.1) is 12.0 Å². The van der Waals surface area contributed by atoms with E-state index < -0.39 is 10.0 Å². The van der Waals surface area contributed by atoms with Crippen LogP contribution in [0.2, 0.25) is 0 Å². The molecule has 0 atom stereocenters. The number of rotatable bonds is 8. The Morgan fingerprint density at radius 3 is 2.35 bits per heavy atom. The predicted octanol–water partition coefficient (Wildman–Crippen LogP) is 1.01. The van der Waals surface area contributed by atoms with Gasteiger partial charge in [0.25, 0.3) is 5.91 Å². The maximum Gasteiger partial charge on any atom is 0.305 e. The molecule has 0 aliphatic rings. The fourth-order valence-electron chi connectivity index (χ4n) is 1.93. The van der Waals surface area contributed by atoms with Crippen LogP contribution in [0.5, 0.6) is 0 Å². The highest BCUT2D eigenvalue weighted by Gasteiger charge is 2.15. The van der Waals surface area contributed by atoms with Gasteiger partial charge in [0.2, 0.25) is 10.0 Å². The summed E-state index contributed by atoms with van der Waals surface area (Å²) >= 11 is 0. The number of methoxy groups -OCH3 is 1. The molecule has 23 heavy (non-hydrogen) atoms. The molecule has 0 fully saturated rings. The highest BCUT2D eigenvalue weighted by Crippen LogP contribution is 2.12. The van der Waals surface area contributed by atoms with Crippen LogP contribution in [0.25, 0.3) is 0 Å². The van der Waals surface area contributed by atoms with E-state index in [4.69, 9.17) is 0 Å². The summed E-state index contributed by atoms with van der Waals surface area (Å²) in [5.74, 6) is -0.550. The molecule has 0 aliphatic heterocycles. The molecule has 0 heterocycles. The molecule has 0 aromatic heterocycles. The van der Waals surface area contributed by atoms with Crippen LogP contribution in [0.15, 0.2) is 29.2 Å². The number of sulfonamides is 1. The van der Waals surface area contributed by atoms with E-state index in [2.05, 4.69) is 9.46 Å². The number of hydrogen-bond donors (Lipinski definition) is 1. The number of ether oxygens (including phenoxy) is 1. The van der Waals surface area contributed by atoms with Crippen LogP contribution in [0.3, 0.4) is 0 Å². The second-order valence-corrected chi connectivity index (χ2v) is 6.70. The molecule has 0 radical (unpaired) electrons. The Hall–Kier alpha value is -1.93. The van der Waals surface area contributed by atoms with Gasteiger partial charge in [-0.3, -0.25) is 9.59 Å². The van der Waals surface area contributed by atoms with Gasteiger partial charge in [-0.1, -0.05) is 6.92 Å². The zero-order valence-corrected chi connectivity index (χ0v) is 14.4. The summed E-state index contributed by atoms with van der Waals surface area (Å²) in [6.07, 6.45) is 0.746. The zero-order valence-electron chi connectivity index (χ0n) is 13.5.